The van der Waals surface area contributed by atoms with E-state index in [0.717, 1.165) is 24.8 Å². The zero-order chi connectivity index (χ0) is 41.1. The van der Waals surface area contributed by atoms with E-state index in [4.69, 9.17) is 23.7 Å². The number of hydrogen-bond donors (Lipinski definition) is 7. The summed E-state index contributed by atoms with van der Waals surface area (Å²) in [5, 5.41) is 73.8. The lowest BCUT2D eigenvalue weighted by molar-refractivity contribution is -0.336. The van der Waals surface area contributed by atoms with Crippen LogP contribution in [0.25, 0.3) is 0 Å². The van der Waals surface area contributed by atoms with Crippen molar-refractivity contribution in [3.63, 3.8) is 0 Å². The number of rotatable bonds is 10. The van der Waals surface area contributed by atoms with Gasteiger partial charge in [0.15, 0.2) is 18.9 Å². The number of fused-ring (bicyclic) bond motifs is 5. The molecule has 3 unspecified atom stereocenters. The Balaban J connectivity index is 1.18. The van der Waals surface area contributed by atoms with Crippen molar-refractivity contribution in [2.45, 2.75) is 168 Å². The molecule has 4 aliphatic carbocycles. The van der Waals surface area contributed by atoms with Gasteiger partial charge in [0.2, 0.25) is 0 Å². The highest BCUT2D eigenvalue weighted by Gasteiger charge is 2.71. The number of carbonyl (C=O) groups is 2. The van der Waals surface area contributed by atoms with Gasteiger partial charge in [0, 0.05) is 12.5 Å². The third-order valence-corrected chi connectivity index (χ3v) is 15.0. The fraction of sp³-hybridized carbons (Fsp3) is 0.810. The molecule has 6 aliphatic rings. The molecule has 0 amide bonds. The Bertz CT molecular complexity index is 1550. The van der Waals surface area contributed by atoms with Crippen LogP contribution in [-0.2, 0) is 33.3 Å². The molecule has 0 aromatic carbocycles. The summed E-state index contributed by atoms with van der Waals surface area (Å²) in [7, 11) is 0. The normalized spacial score (nSPS) is 48.3. The van der Waals surface area contributed by atoms with Gasteiger partial charge >= 0.3 is 11.9 Å². The number of aliphatic carboxylic acids is 1. The first-order chi connectivity index (χ1) is 26.3. The van der Waals surface area contributed by atoms with E-state index in [-0.39, 0.29) is 40.6 Å². The molecule has 18 atom stereocenters. The standard InChI is InChI=1S/C42H64O14/c1-20(2)9-8-10-23(37(49)50)32-25-17-26(45)36-40(5)15-14-27(21(3)24(40)13-16-41(36,6)42(25,7)18-29(32)52-22(4)44)53-31-12-11-28(38(51)56-31)54-39-35(48)34(47)33(46)30(19-43)55-39/h9,11-12,21,24-31,33-36,38-39,43,45-48,51H,8,10,13-19H2,1-7H3,(H,49,50)/b32-23-/t21-,24?,25-,26?,27+,28-,29-,30+,31-,33+,34-,35+,36?,38-,39+,40-,41-,42-/m0/s1. The van der Waals surface area contributed by atoms with Gasteiger partial charge in [0.25, 0.3) is 0 Å². The van der Waals surface area contributed by atoms with Crippen LogP contribution in [0.2, 0.25) is 0 Å². The van der Waals surface area contributed by atoms with Gasteiger partial charge in [-0.15, -0.1) is 0 Å². The fourth-order valence-electron chi connectivity index (χ4n) is 12.2. The van der Waals surface area contributed by atoms with Gasteiger partial charge in [-0.1, -0.05) is 39.3 Å². The zero-order valence-electron chi connectivity index (χ0n) is 33.7. The van der Waals surface area contributed by atoms with Gasteiger partial charge in [0.1, 0.15) is 36.6 Å². The van der Waals surface area contributed by atoms with E-state index in [9.17, 15) is 45.3 Å². The van der Waals surface area contributed by atoms with E-state index in [0.29, 0.717) is 43.3 Å². The number of aliphatic hydroxyl groups is 6. The van der Waals surface area contributed by atoms with Crippen molar-refractivity contribution in [2.75, 3.05) is 6.61 Å². The molecule has 14 heteroatoms. The van der Waals surface area contributed by atoms with Gasteiger partial charge in [-0.3, -0.25) is 4.79 Å². The summed E-state index contributed by atoms with van der Waals surface area (Å²) in [6.45, 7) is 13.7. The second-order valence-electron chi connectivity index (χ2n) is 18.3. The summed E-state index contributed by atoms with van der Waals surface area (Å²) >= 11 is 0. The van der Waals surface area contributed by atoms with Crippen LogP contribution < -0.4 is 0 Å². The Morgan fingerprint density at radius 1 is 0.929 bits per heavy atom. The maximum Gasteiger partial charge on any atom is 0.331 e. The van der Waals surface area contributed by atoms with Crippen LogP contribution >= 0.6 is 0 Å². The van der Waals surface area contributed by atoms with Gasteiger partial charge in [0.05, 0.1) is 18.8 Å². The van der Waals surface area contributed by atoms with Crippen molar-refractivity contribution in [3.05, 3.63) is 34.9 Å². The second kappa shape index (κ2) is 16.4. The number of carbonyl (C=O) groups excluding carboxylic acids is 1. The van der Waals surface area contributed by atoms with Crippen molar-refractivity contribution in [3.8, 4) is 0 Å². The molecule has 316 valence electrons. The minimum atomic E-state index is -1.63. The van der Waals surface area contributed by atoms with Crippen molar-refractivity contribution < 1.29 is 69.0 Å². The molecule has 2 aliphatic heterocycles. The van der Waals surface area contributed by atoms with Crippen LogP contribution in [0, 0.1) is 39.9 Å². The molecule has 2 heterocycles. The van der Waals surface area contributed by atoms with Crippen molar-refractivity contribution >= 4 is 11.9 Å². The lowest BCUT2D eigenvalue weighted by atomic mass is 9.36. The molecule has 5 fully saturated rings. The Hall–Kier alpha value is -2.24. The molecule has 0 spiro atoms. The summed E-state index contributed by atoms with van der Waals surface area (Å²) in [6.07, 6.45) is -2.42. The number of aliphatic hydroxyl groups excluding tert-OH is 6. The van der Waals surface area contributed by atoms with Crippen LogP contribution in [0.5, 0.6) is 0 Å². The largest absolute Gasteiger partial charge is 0.478 e. The van der Waals surface area contributed by atoms with Gasteiger partial charge in [-0.2, -0.15) is 0 Å². The van der Waals surface area contributed by atoms with E-state index in [1.807, 2.05) is 19.9 Å². The second-order valence-corrected chi connectivity index (χ2v) is 18.3. The highest BCUT2D eigenvalue weighted by atomic mass is 16.8. The smallest absolute Gasteiger partial charge is 0.331 e. The minimum Gasteiger partial charge on any atom is -0.478 e. The lowest BCUT2D eigenvalue weighted by Crippen LogP contribution is -2.65. The number of carboxylic acid groups (broad SMARTS) is 1. The summed E-state index contributed by atoms with van der Waals surface area (Å²) < 4.78 is 29.3. The first kappa shape index (κ1) is 43.3. The predicted octanol–water partition coefficient (Wildman–Crippen LogP) is 3.11. The molecule has 56 heavy (non-hydrogen) atoms. The SMILES string of the molecule is CC(=O)O[C@H]1C[C@@]2(C)[C@@H](CC(O)C3[C@@]4(C)CC[C@@H](O[C@@H]5C=C[C@H](O[C@@H]6O[C@H](CO)[C@@H](O)[C@H](O)[C@H]6O)[C@@H](O)O5)[C@@H](C)C4CC[C@@]32C)/C1=C(\CCC=C(C)C)C(=O)O. The minimum absolute atomic E-state index is 0.0646. The molecule has 0 radical (unpaired) electrons. The first-order valence-electron chi connectivity index (χ1n) is 20.4. The zero-order valence-corrected chi connectivity index (χ0v) is 33.7. The van der Waals surface area contributed by atoms with E-state index >= 15 is 0 Å². The molecule has 0 bridgehead atoms. The van der Waals surface area contributed by atoms with Gasteiger partial charge in [-0.05, 0) is 123 Å². The average Bonchev–Trinajstić information content (AvgIpc) is 3.39. The third kappa shape index (κ3) is 7.57. The highest BCUT2D eigenvalue weighted by Crippen LogP contribution is 2.74. The molecule has 0 aromatic heterocycles. The highest BCUT2D eigenvalue weighted by molar-refractivity contribution is 5.88. The summed E-state index contributed by atoms with van der Waals surface area (Å²) in [6, 6.07) is 0. The number of ether oxygens (including phenoxy) is 5. The van der Waals surface area contributed by atoms with Crippen LogP contribution in [0.15, 0.2) is 34.9 Å². The van der Waals surface area contributed by atoms with Crippen molar-refractivity contribution in [1.82, 2.24) is 0 Å². The molecule has 1 saturated heterocycles. The van der Waals surface area contributed by atoms with Crippen molar-refractivity contribution in [2.24, 2.45) is 39.9 Å². The Morgan fingerprint density at radius 3 is 2.27 bits per heavy atom. The van der Waals surface area contributed by atoms with Crippen LogP contribution in [0.3, 0.4) is 0 Å². The van der Waals surface area contributed by atoms with Crippen LogP contribution in [0.1, 0.15) is 99.8 Å². The molecule has 6 rings (SSSR count). The Labute approximate surface area is 329 Å². The van der Waals surface area contributed by atoms with Crippen LogP contribution in [-0.4, -0.2) is 122 Å². The van der Waals surface area contributed by atoms with Crippen LogP contribution in [0.4, 0.5) is 0 Å². The summed E-state index contributed by atoms with van der Waals surface area (Å²) in [5.41, 5.74) is 0.974. The van der Waals surface area contributed by atoms with E-state index in [1.165, 1.54) is 13.0 Å². The molecule has 0 aromatic rings. The Kier molecular flexibility index (Phi) is 12.7. The first-order valence-corrected chi connectivity index (χ1v) is 20.4. The quantitative estimate of drug-likeness (QED) is 0.0961. The molecule has 14 nitrogen and oxygen atoms in total. The summed E-state index contributed by atoms with van der Waals surface area (Å²) in [5.74, 6) is -1.55. The maximum absolute atomic E-state index is 12.9. The topological polar surface area (TPSA) is 222 Å². The maximum atomic E-state index is 12.9. The molecular formula is C42H64O14. The number of allylic oxidation sites excluding steroid dienone is 2. The lowest BCUT2D eigenvalue weighted by Gasteiger charge is -2.69. The third-order valence-electron chi connectivity index (χ3n) is 15.0. The number of carboxylic acids is 1. The van der Waals surface area contributed by atoms with Gasteiger partial charge in [-0.25, -0.2) is 4.79 Å². The number of esters is 1. The molecular weight excluding hydrogens is 728 g/mol. The fourth-order valence-corrected chi connectivity index (χ4v) is 12.2. The van der Waals surface area contributed by atoms with Gasteiger partial charge < -0.3 is 59.4 Å². The molecule has 4 saturated carbocycles. The number of hydrogen-bond acceptors (Lipinski definition) is 13. The summed E-state index contributed by atoms with van der Waals surface area (Å²) in [4.78, 5) is 25.3. The Morgan fingerprint density at radius 2 is 1.64 bits per heavy atom. The van der Waals surface area contributed by atoms with Crippen molar-refractivity contribution in [1.29, 1.82) is 0 Å². The monoisotopic (exact) mass is 792 g/mol. The van der Waals surface area contributed by atoms with E-state index < -0.39 is 85.6 Å². The van der Waals surface area contributed by atoms with E-state index in [2.05, 4.69) is 27.7 Å². The van der Waals surface area contributed by atoms with E-state index in [1.54, 1.807) is 6.08 Å². The molecule has 7 N–H and O–H groups in total. The predicted molar refractivity (Wildman–Crippen MR) is 200 cm³/mol. The average molecular weight is 793 g/mol.